The van der Waals surface area contributed by atoms with Crippen LogP contribution in [0.4, 0.5) is 5.69 Å². The highest BCUT2D eigenvalue weighted by molar-refractivity contribution is 9.10. The van der Waals surface area contributed by atoms with Crippen LogP contribution in [-0.4, -0.2) is 4.98 Å². The fraction of sp³-hybridized carbons (Fsp3) is 0.300. The van der Waals surface area contributed by atoms with Crippen molar-refractivity contribution in [3.05, 3.63) is 22.5 Å². The molecule has 2 aromatic rings. The third-order valence-corrected chi connectivity index (χ3v) is 2.56. The summed E-state index contributed by atoms with van der Waals surface area (Å²) in [4.78, 5) is 4.35. The Morgan fingerprint density at radius 2 is 2.29 bits per heavy atom. The number of rotatable bonds is 2. The van der Waals surface area contributed by atoms with Crippen molar-refractivity contribution in [2.75, 3.05) is 5.73 Å². The second kappa shape index (κ2) is 3.61. The van der Waals surface area contributed by atoms with E-state index in [0.717, 1.165) is 34.3 Å². The Kier molecular flexibility index (Phi) is 2.46. The average molecular weight is 255 g/mol. The summed E-state index contributed by atoms with van der Waals surface area (Å²) in [6, 6.07) is 3.64. The molecule has 2 rings (SSSR count). The molecule has 0 atom stereocenters. The van der Waals surface area contributed by atoms with Gasteiger partial charge in [-0.05, 0) is 34.5 Å². The van der Waals surface area contributed by atoms with Crippen molar-refractivity contribution in [3.8, 4) is 0 Å². The molecule has 0 bridgehead atoms. The Morgan fingerprint density at radius 3 is 3.00 bits per heavy atom. The lowest BCUT2D eigenvalue weighted by Gasteiger charge is -1.93. The first-order chi connectivity index (χ1) is 6.70. The number of hydrogen-bond acceptors (Lipinski definition) is 3. The van der Waals surface area contributed by atoms with E-state index in [0.29, 0.717) is 5.69 Å². The molecule has 0 unspecified atom stereocenters. The van der Waals surface area contributed by atoms with E-state index in [9.17, 15) is 0 Å². The topological polar surface area (TPSA) is 52.0 Å². The highest BCUT2D eigenvalue weighted by atomic mass is 79.9. The van der Waals surface area contributed by atoms with Gasteiger partial charge in [0.25, 0.3) is 0 Å². The number of hydrogen-bond donors (Lipinski definition) is 1. The fourth-order valence-corrected chi connectivity index (χ4v) is 1.93. The Labute approximate surface area is 90.4 Å². The summed E-state index contributed by atoms with van der Waals surface area (Å²) in [5.41, 5.74) is 7.99. The monoisotopic (exact) mass is 254 g/mol. The average Bonchev–Trinajstić information content (AvgIpc) is 2.48. The first kappa shape index (κ1) is 9.52. The Balaban J connectivity index is 2.58. The molecule has 4 heteroatoms. The van der Waals surface area contributed by atoms with Gasteiger partial charge in [0.2, 0.25) is 0 Å². The molecule has 0 aliphatic carbocycles. The summed E-state index contributed by atoms with van der Waals surface area (Å²) in [5, 5.41) is 0. The lowest BCUT2D eigenvalue weighted by Crippen LogP contribution is -1.84. The van der Waals surface area contributed by atoms with Gasteiger partial charge in [0.1, 0.15) is 5.52 Å². The van der Waals surface area contributed by atoms with Gasteiger partial charge in [-0.2, -0.15) is 0 Å². The summed E-state index contributed by atoms with van der Waals surface area (Å²) in [5.74, 6) is 0.772. The fourth-order valence-electron chi connectivity index (χ4n) is 1.38. The van der Waals surface area contributed by atoms with Crippen LogP contribution < -0.4 is 5.73 Å². The van der Waals surface area contributed by atoms with Crippen LogP contribution in [-0.2, 0) is 6.42 Å². The maximum Gasteiger partial charge on any atom is 0.195 e. The molecule has 0 saturated carbocycles. The maximum atomic E-state index is 5.70. The number of aromatic nitrogens is 1. The Morgan fingerprint density at radius 1 is 1.50 bits per heavy atom. The van der Waals surface area contributed by atoms with E-state index < -0.39 is 0 Å². The van der Waals surface area contributed by atoms with Crippen molar-refractivity contribution in [1.29, 1.82) is 0 Å². The minimum Gasteiger partial charge on any atom is -0.440 e. The van der Waals surface area contributed by atoms with Gasteiger partial charge >= 0.3 is 0 Å². The molecule has 1 aromatic carbocycles. The number of oxazole rings is 1. The van der Waals surface area contributed by atoms with Gasteiger partial charge < -0.3 is 10.2 Å². The van der Waals surface area contributed by atoms with Crippen molar-refractivity contribution >= 4 is 32.7 Å². The van der Waals surface area contributed by atoms with E-state index >= 15 is 0 Å². The summed E-state index contributed by atoms with van der Waals surface area (Å²) < 4.78 is 6.44. The molecule has 3 nitrogen and oxygen atoms in total. The quantitative estimate of drug-likeness (QED) is 0.838. The summed E-state index contributed by atoms with van der Waals surface area (Å²) in [6.07, 6.45) is 1.89. The van der Waals surface area contributed by atoms with Crippen LogP contribution in [0.3, 0.4) is 0 Å². The van der Waals surface area contributed by atoms with Gasteiger partial charge in [0, 0.05) is 12.1 Å². The molecule has 0 fully saturated rings. The number of aryl methyl sites for hydroxylation is 1. The van der Waals surface area contributed by atoms with Crippen LogP contribution in [0.5, 0.6) is 0 Å². The van der Waals surface area contributed by atoms with Crippen LogP contribution in [0.25, 0.3) is 11.1 Å². The van der Waals surface area contributed by atoms with Gasteiger partial charge in [0.15, 0.2) is 11.5 Å². The molecule has 0 radical (unpaired) electrons. The molecular formula is C10H11BrN2O. The minimum atomic E-state index is 0.695. The number of halogens is 1. The van der Waals surface area contributed by atoms with Crippen LogP contribution in [0.15, 0.2) is 21.0 Å². The minimum absolute atomic E-state index is 0.695. The van der Waals surface area contributed by atoms with Crippen LogP contribution in [0.2, 0.25) is 0 Å². The summed E-state index contributed by atoms with van der Waals surface area (Å²) in [6.45, 7) is 2.10. The van der Waals surface area contributed by atoms with Gasteiger partial charge in [-0.25, -0.2) is 4.98 Å². The van der Waals surface area contributed by atoms with Gasteiger partial charge in [-0.1, -0.05) is 6.92 Å². The maximum absolute atomic E-state index is 5.70. The first-order valence-corrected chi connectivity index (χ1v) is 5.34. The van der Waals surface area contributed by atoms with E-state index in [2.05, 4.69) is 27.8 Å². The normalized spacial score (nSPS) is 11.0. The highest BCUT2D eigenvalue weighted by Crippen LogP contribution is 2.27. The smallest absolute Gasteiger partial charge is 0.195 e. The molecule has 14 heavy (non-hydrogen) atoms. The molecule has 74 valence electrons. The van der Waals surface area contributed by atoms with Crippen LogP contribution in [0.1, 0.15) is 19.2 Å². The number of benzene rings is 1. The summed E-state index contributed by atoms with van der Waals surface area (Å²) >= 11 is 3.40. The second-order valence-electron chi connectivity index (χ2n) is 3.21. The predicted molar refractivity (Wildman–Crippen MR) is 60.1 cm³/mol. The SMILES string of the molecule is CCCc1nc2cc(N)cc(Br)c2o1. The zero-order valence-corrected chi connectivity index (χ0v) is 9.47. The molecule has 0 amide bonds. The number of anilines is 1. The molecule has 2 N–H and O–H groups in total. The van der Waals surface area contributed by atoms with Crippen LogP contribution in [0, 0.1) is 0 Å². The van der Waals surface area contributed by atoms with Crippen molar-refractivity contribution in [1.82, 2.24) is 4.98 Å². The van der Waals surface area contributed by atoms with E-state index in [-0.39, 0.29) is 0 Å². The van der Waals surface area contributed by atoms with E-state index in [1.807, 2.05) is 12.1 Å². The van der Waals surface area contributed by atoms with E-state index in [4.69, 9.17) is 10.2 Å². The third kappa shape index (κ3) is 1.62. The van der Waals surface area contributed by atoms with Crippen molar-refractivity contribution < 1.29 is 4.42 Å². The zero-order valence-electron chi connectivity index (χ0n) is 7.88. The number of nitrogen functional groups attached to an aromatic ring is 1. The molecule has 0 saturated heterocycles. The Hall–Kier alpha value is -1.03. The van der Waals surface area contributed by atoms with Crippen molar-refractivity contribution in [3.63, 3.8) is 0 Å². The predicted octanol–water partition coefficient (Wildman–Crippen LogP) is 3.13. The van der Waals surface area contributed by atoms with Gasteiger partial charge in [-0.3, -0.25) is 0 Å². The molecule has 0 aliphatic heterocycles. The van der Waals surface area contributed by atoms with Crippen molar-refractivity contribution in [2.24, 2.45) is 0 Å². The zero-order chi connectivity index (χ0) is 10.1. The van der Waals surface area contributed by atoms with Gasteiger partial charge in [0.05, 0.1) is 4.47 Å². The van der Waals surface area contributed by atoms with E-state index in [1.165, 1.54) is 0 Å². The summed E-state index contributed by atoms with van der Waals surface area (Å²) in [7, 11) is 0. The molecule has 0 spiro atoms. The van der Waals surface area contributed by atoms with Crippen LogP contribution >= 0.6 is 15.9 Å². The highest BCUT2D eigenvalue weighted by Gasteiger charge is 2.08. The molecule has 1 heterocycles. The molecular weight excluding hydrogens is 244 g/mol. The molecule has 1 aromatic heterocycles. The molecule has 0 aliphatic rings. The lowest BCUT2D eigenvalue weighted by molar-refractivity contribution is 0.524. The number of nitrogens with two attached hydrogens (primary N) is 1. The first-order valence-electron chi connectivity index (χ1n) is 4.55. The Bertz CT molecular complexity index is 464. The number of nitrogens with zero attached hydrogens (tertiary/aromatic N) is 1. The largest absolute Gasteiger partial charge is 0.440 e. The standard InChI is InChI=1S/C10H11BrN2O/c1-2-3-9-13-8-5-6(12)4-7(11)10(8)14-9/h4-5H,2-3,12H2,1H3. The third-order valence-electron chi connectivity index (χ3n) is 1.98. The number of fused-ring (bicyclic) bond motifs is 1. The lowest BCUT2D eigenvalue weighted by atomic mass is 10.3. The van der Waals surface area contributed by atoms with E-state index in [1.54, 1.807) is 0 Å². The van der Waals surface area contributed by atoms with Crippen molar-refractivity contribution in [2.45, 2.75) is 19.8 Å². The van der Waals surface area contributed by atoms with Gasteiger partial charge in [-0.15, -0.1) is 0 Å². The second-order valence-corrected chi connectivity index (χ2v) is 4.06.